The van der Waals surface area contributed by atoms with Crippen LogP contribution in [0.1, 0.15) is 24.3 Å². The Bertz CT molecular complexity index is 453. The summed E-state index contributed by atoms with van der Waals surface area (Å²) in [7, 11) is 2.00. The highest BCUT2D eigenvalue weighted by molar-refractivity contribution is 5.19. The summed E-state index contributed by atoms with van der Waals surface area (Å²) in [4.78, 5) is 2.42. The van der Waals surface area contributed by atoms with Gasteiger partial charge in [-0.15, -0.1) is 0 Å². The van der Waals surface area contributed by atoms with E-state index in [4.69, 9.17) is 4.42 Å². The molecule has 0 aliphatic heterocycles. The zero-order chi connectivity index (χ0) is 13.5. The number of nitrogens with zero attached hydrogens (tertiary/aromatic N) is 1. The summed E-state index contributed by atoms with van der Waals surface area (Å²) in [5, 5.41) is 3.29. The van der Waals surface area contributed by atoms with Crippen LogP contribution >= 0.6 is 0 Å². The Hall–Kier alpha value is -1.58. The van der Waals surface area contributed by atoms with Crippen molar-refractivity contribution in [3.8, 4) is 0 Å². The van der Waals surface area contributed by atoms with E-state index in [0.29, 0.717) is 6.04 Å². The van der Waals surface area contributed by atoms with E-state index in [1.807, 2.05) is 19.2 Å². The average molecular weight is 258 g/mol. The second kappa shape index (κ2) is 7.12. The van der Waals surface area contributed by atoms with E-state index in [1.165, 1.54) is 5.56 Å². The van der Waals surface area contributed by atoms with E-state index < -0.39 is 0 Å². The van der Waals surface area contributed by atoms with Gasteiger partial charge in [-0.25, -0.2) is 0 Å². The predicted molar refractivity (Wildman–Crippen MR) is 77.9 cm³/mol. The van der Waals surface area contributed by atoms with E-state index >= 15 is 0 Å². The molecule has 1 heterocycles. The van der Waals surface area contributed by atoms with Crippen molar-refractivity contribution in [1.82, 2.24) is 10.2 Å². The molecule has 0 bridgehead atoms. The van der Waals surface area contributed by atoms with E-state index in [1.54, 1.807) is 6.26 Å². The summed E-state index contributed by atoms with van der Waals surface area (Å²) < 4.78 is 5.47. The van der Waals surface area contributed by atoms with E-state index in [9.17, 15) is 0 Å². The maximum atomic E-state index is 5.47. The molecule has 1 aromatic carbocycles. The van der Waals surface area contributed by atoms with Crippen LogP contribution < -0.4 is 5.32 Å². The lowest BCUT2D eigenvalue weighted by molar-refractivity contribution is 0.181. The molecule has 102 valence electrons. The first kappa shape index (κ1) is 13.8. The van der Waals surface area contributed by atoms with Crippen LogP contribution in [0.25, 0.3) is 0 Å². The summed E-state index contributed by atoms with van der Waals surface area (Å²) in [5.74, 6) is 1.01. The molecule has 0 fully saturated rings. The third-order valence-electron chi connectivity index (χ3n) is 3.37. The molecule has 1 atom stereocenters. The van der Waals surface area contributed by atoms with Gasteiger partial charge in [0.2, 0.25) is 0 Å². The van der Waals surface area contributed by atoms with Crippen molar-refractivity contribution in [2.75, 3.05) is 20.1 Å². The van der Waals surface area contributed by atoms with Gasteiger partial charge in [-0.3, -0.25) is 4.90 Å². The van der Waals surface area contributed by atoms with Gasteiger partial charge in [0.25, 0.3) is 0 Å². The monoisotopic (exact) mass is 258 g/mol. The summed E-state index contributed by atoms with van der Waals surface area (Å²) in [6.45, 7) is 4.94. The van der Waals surface area contributed by atoms with Crippen LogP contribution in [-0.4, -0.2) is 25.0 Å². The van der Waals surface area contributed by atoms with Crippen molar-refractivity contribution in [2.24, 2.45) is 0 Å². The second-order valence-corrected chi connectivity index (χ2v) is 4.63. The van der Waals surface area contributed by atoms with Crippen molar-refractivity contribution >= 4 is 0 Å². The van der Waals surface area contributed by atoms with Crippen LogP contribution in [0.3, 0.4) is 0 Å². The molecule has 2 aromatic rings. The topological polar surface area (TPSA) is 28.4 Å². The first-order valence-electron chi connectivity index (χ1n) is 6.81. The van der Waals surface area contributed by atoms with Gasteiger partial charge in [-0.05, 0) is 31.3 Å². The smallest absolute Gasteiger partial charge is 0.117 e. The first-order chi connectivity index (χ1) is 9.35. The highest BCUT2D eigenvalue weighted by Crippen LogP contribution is 2.22. The summed E-state index contributed by atoms with van der Waals surface area (Å²) in [6, 6.07) is 15.0. The Kier molecular flexibility index (Phi) is 5.19. The van der Waals surface area contributed by atoms with Crippen LogP contribution in [-0.2, 0) is 6.54 Å². The highest BCUT2D eigenvalue weighted by Gasteiger charge is 2.19. The zero-order valence-corrected chi connectivity index (χ0v) is 11.7. The predicted octanol–water partition coefficient (Wildman–Crippen LogP) is 3.06. The molecule has 2 rings (SSSR count). The minimum atomic E-state index is 0.362. The molecular weight excluding hydrogens is 236 g/mol. The molecule has 0 aliphatic carbocycles. The molecular formula is C16H22N2O. The molecule has 0 saturated heterocycles. The lowest BCUT2D eigenvalue weighted by Crippen LogP contribution is -2.34. The van der Waals surface area contributed by atoms with Crippen LogP contribution in [0, 0.1) is 0 Å². The van der Waals surface area contributed by atoms with Gasteiger partial charge in [0, 0.05) is 12.6 Å². The summed E-state index contributed by atoms with van der Waals surface area (Å²) in [5.41, 5.74) is 1.34. The molecule has 0 aliphatic rings. The molecule has 1 N–H and O–H groups in total. The summed E-state index contributed by atoms with van der Waals surface area (Å²) >= 11 is 0. The fraction of sp³-hybridized carbons (Fsp3) is 0.375. The molecule has 19 heavy (non-hydrogen) atoms. The van der Waals surface area contributed by atoms with Gasteiger partial charge >= 0.3 is 0 Å². The van der Waals surface area contributed by atoms with E-state index in [0.717, 1.165) is 25.4 Å². The largest absolute Gasteiger partial charge is 0.468 e. The van der Waals surface area contributed by atoms with Gasteiger partial charge in [0.15, 0.2) is 0 Å². The van der Waals surface area contributed by atoms with Crippen molar-refractivity contribution in [2.45, 2.75) is 19.5 Å². The molecule has 0 radical (unpaired) electrons. The number of likely N-dealkylation sites (N-methyl/N-ethyl adjacent to an activating group) is 2. The Labute approximate surface area is 115 Å². The Balaban J connectivity index is 2.16. The van der Waals surface area contributed by atoms with Crippen molar-refractivity contribution in [1.29, 1.82) is 0 Å². The number of nitrogens with one attached hydrogen (secondary N) is 1. The number of rotatable bonds is 7. The third-order valence-corrected chi connectivity index (χ3v) is 3.37. The minimum absolute atomic E-state index is 0.362. The summed E-state index contributed by atoms with van der Waals surface area (Å²) in [6.07, 6.45) is 1.73. The number of benzene rings is 1. The van der Waals surface area contributed by atoms with E-state index in [2.05, 4.69) is 47.5 Å². The van der Waals surface area contributed by atoms with Crippen molar-refractivity contribution in [3.05, 3.63) is 60.1 Å². The van der Waals surface area contributed by atoms with Crippen LogP contribution in [0.4, 0.5) is 0 Å². The molecule has 1 aromatic heterocycles. The van der Waals surface area contributed by atoms with Crippen molar-refractivity contribution in [3.63, 3.8) is 0 Å². The van der Waals surface area contributed by atoms with Gasteiger partial charge in [0.1, 0.15) is 5.76 Å². The molecule has 0 spiro atoms. The Morgan fingerprint density at radius 2 is 1.95 bits per heavy atom. The van der Waals surface area contributed by atoms with Gasteiger partial charge in [-0.2, -0.15) is 0 Å². The molecule has 0 saturated carbocycles. The maximum absolute atomic E-state index is 5.47. The van der Waals surface area contributed by atoms with Gasteiger partial charge < -0.3 is 9.73 Å². The second-order valence-electron chi connectivity index (χ2n) is 4.63. The normalized spacial score (nSPS) is 12.8. The third kappa shape index (κ3) is 3.69. The number of hydrogen-bond donors (Lipinski definition) is 1. The van der Waals surface area contributed by atoms with Crippen LogP contribution in [0.2, 0.25) is 0 Å². The zero-order valence-electron chi connectivity index (χ0n) is 11.7. The lowest BCUT2D eigenvalue weighted by atomic mass is 10.0. The molecule has 0 amide bonds. The van der Waals surface area contributed by atoms with Crippen LogP contribution in [0.15, 0.2) is 53.1 Å². The van der Waals surface area contributed by atoms with Gasteiger partial charge in [-0.1, -0.05) is 37.3 Å². The first-order valence-corrected chi connectivity index (χ1v) is 6.81. The quantitative estimate of drug-likeness (QED) is 0.827. The standard InChI is InChI=1S/C16H22N2O/c1-3-18(13-15-10-7-11-19-15)16(12-17-2)14-8-5-4-6-9-14/h4-11,16-17H,3,12-13H2,1-2H3. The Morgan fingerprint density at radius 3 is 2.53 bits per heavy atom. The molecule has 3 nitrogen and oxygen atoms in total. The maximum Gasteiger partial charge on any atom is 0.117 e. The number of hydrogen-bond acceptors (Lipinski definition) is 3. The average Bonchev–Trinajstić information content (AvgIpc) is 2.96. The lowest BCUT2D eigenvalue weighted by Gasteiger charge is -2.30. The fourth-order valence-electron chi connectivity index (χ4n) is 2.37. The molecule has 3 heteroatoms. The fourth-order valence-corrected chi connectivity index (χ4v) is 2.37. The number of furan rings is 1. The van der Waals surface area contributed by atoms with E-state index in [-0.39, 0.29) is 0 Å². The molecule has 1 unspecified atom stereocenters. The van der Waals surface area contributed by atoms with Crippen molar-refractivity contribution < 1.29 is 4.42 Å². The SMILES string of the molecule is CCN(Cc1ccco1)C(CNC)c1ccccc1. The van der Waals surface area contributed by atoms with Gasteiger partial charge in [0.05, 0.1) is 12.8 Å². The highest BCUT2D eigenvalue weighted by atomic mass is 16.3. The minimum Gasteiger partial charge on any atom is -0.468 e. The van der Waals surface area contributed by atoms with Crippen LogP contribution in [0.5, 0.6) is 0 Å². The Morgan fingerprint density at radius 1 is 1.16 bits per heavy atom.